The normalized spacial score (nSPS) is 41.5. The van der Waals surface area contributed by atoms with Crippen molar-refractivity contribution in [1.29, 1.82) is 0 Å². The average molecular weight is 266 g/mol. The molecule has 3 fully saturated rings. The highest BCUT2D eigenvalue weighted by Crippen LogP contribution is 2.35. The van der Waals surface area contributed by atoms with Crippen LogP contribution in [0.3, 0.4) is 0 Å². The fraction of sp³-hybridized carbons (Fsp3) is 1.00. The van der Waals surface area contributed by atoms with Crippen molar-refractivity contribution in [3.8, 4) is 0 Å². The minimum Gasteiger partial charge on any atom is -0.393 e. The van der Waals surface area contributed by atoms with Crippen LogP contribution in [0.4, 0.5) is 0 Å². The van der Waals surface area contributed by atoms with E-state index < -0.39 is 0 Å². The molecule has 0 aromatic rings. The molecule has 3 nitrogen and oxygen atoms in total. The average Bonchev–Trinajstić information content (AvgIpc) is 2.88. The van der Waals surface area contributed by atoms with Crippen LogP contribution in [0.15, 0.2) is 0 Å². The summed E-state index contributed by atoms with van der Waals surface area (Å²) in [6, 6.07) is 0.678. The second-order valence-corrected chi connectivity index (χ2v) is 6.93. The van der Waals surface area contributed by atoms with E-state index >= 15 is 0 Å². The van der Waals surface area contributed by atoms with Crippen molar-refractivity contribution in [1.82, 2.24) is 10.2 Å². The molecule has 0 bridgehead atoms. The third kappa shape index (κ3) is 3.32. The zero-order valence-electron chi connectivity index (χ0n) is 12.2. The number of aliphatic hydroxyl groups is 1. The number of hydrogen-bond donors (Lipinski definition) is 2. The van der Waals surface area contributed by atoms with Gasteiger partial charge in [-0.15, -0.1) is 0 Å². The van der Waals surface area contributed by atoms with E-state index in [-0.39, 0.29) is 6.10 Å². The number of aliphatic hydroxyl groups excluding tert-OH is 1. The molecule has 0 spiro atoms. The van der Waals surface area contributed by atoms with Crippen molar-refractivity contribution in [2.24, 2.45) is 11.8 Å². The molecule has 0 aromatic carbocycles. The Labute approximate surface area is 117 Å². The van der Waals surface area contributed by atoms with Crippen molar-refractivity contribution in [3.63, 3.8) is 0 Å². The van der Waals surface area contributed by atoms with Gasteiger partial charge in [0.2, 0.25) is 0 Å². The van der Waals surface area contributed by atoms with Crippen molar-refractivity contribution < 1.29 is 5.11 Å². The molecule has 1 aliphatic carbocycles. The summed E-state index contributed by atoms with van der Waals surface area (Å²) in [5.41, 5.74) is 0. The minimum atomic E-state index is -0.0242. The lowest BCUT2D eigenvalue weighted by atomic mass is 9.80. The highest BCUT2D eigenvalue weighted by atomic mass is 16.3. The fourth-order valence-corrected chi connectivity index (χ4v) is 4.56. The largest absolute Gasteiger partial charge is 0.393 e. The van der Waals surface area contributed by atoms with E-state index in [9.17, 15) is 5.11 Å². The van der Waals surface area contributed by atoms with Gasteiger partial charge in [0.25, 0.3) is 0 Å². The van der Waals surface area contributed by atoms with Crippen LogP contribution in [-0.4, -0.2) is 48.3 Å². The molecule has 0 aromatic heterocycles. The number of nitrogens with one attached hydrogen (secondary N) is 1. The van der Waals surface area contributed by atoms with E-state index in [0.29, 0.717) is 12.0 Å². The van der Waals surface area contributed by atoms with Gasteiger partial charge in [0.15, 0.2) is 0 Å². The number of hydrogen-bond acceptors (Lipinski definition) is 3. The fourth-order valence-electron chi connectivity index (χ4n) is 4.56. The molecule has 110 valence electrons. The third-order valence-corrected chi connectivity index (χ3v) is 5.58. The molecule has 2 heterocycles. The topological polar surface area (TPSA) is 35.5 Å². The molecule has 1 saturated carbocycles. The summed E-state index contributed by atoms with van der Waals surface area (Å²) in [5.74, 6) is 1.41. The first-order chi connectivity index (χ1) is 9.34. The number of rotatable bonds is 3. The van der Waals surface area contributed by atoms with Gasteiger partial charge >= 0.3 is 0 Å². The monoisotopic (exact) mass is 266 g/mol. The molecule has 2 aliphatic heterocycles. The maximum absolute atomic E-state index is 10.3. The van der Waals surface area contributed by atoms with E-state index in [2.05, 4.69) is 10.2 Å². The van der Waals surface area contributed by atoms with Crippen LogP contribution in [0.2, 0.25) is 0 Å². The van der Waals surface area contributed by atoms with Gasteiger partial charge in [-0.1, -0.05) is 12.8 Å². The minimum absolute atomic E-state index is 0.0242. The van der Waals surface area contributed by atoms with Crippen LogP contribution in [0.1, 0.15) is 51.4 Å². The lowest BCUT2D eigenvalue weighted by Crippen LogP contribution is -2.46. The zero-order valence-corrected chi connectivity index (χ0v) is 12.2. The molecule has 19 heavy (non-hydrogen) atoms. The Hall–Kier alpha value is -0.120. The van der Waals surface area contributed by atoms with Gasteiger partial charge in [-0.25, -0.2) is 0 Å². The lowest BCUT2D eigenvalue weighted by molar-refractivity contribution is 0.0175. The first kappa shape index (κ1) is 13.8. The molecule has 0 amide bonds. The van der Waals surface area contributed by atoms with E-state index in [1.807, 2.05) is 0 Å². The SMILES string of the molecule is OC1CCCCC1C1CCCN1CC1CCCNC1. The molecule has 3 rings (SSSR count). The summed E-state index contributed by atoms with van der Waals surface area (Å²) in [5, 5.41) is 13.8. The Bertz CT molecular complexity index is 278. The van der Waals surface area contributed by atoms with E-state index in [4.69, 9.17) is 0 Å². The molecule has 4 atom stereocenters. The molecule has 4 unspecified atom stereocenters. The zero-order chi connectivity index (χ0) is 13.1. The number of likely N-dealkylation sites (tertiary alicyclic amines) is 1. The predicted octanol–water partition coefficient (Wildman–Crippen LogP) is 2.00. The van der Waals surface area contributed by atoms with Gasteiger partial charge in [0, 0.05) is 18.5 Å². The Balaban J connectivity index is 1.57. The Morgan fingerprint density at radius 3 is 2.68 bits per heavy atom. The van der Waals surface area contributed by atoms with Gasteiger partial charge in [-0.2, -0.15) is 0 Å². The highest BCUT2D eigenvalue weighted by molar-refractivity contribution is 4.91. The Morgan fingerprint density at radius 1 is 1.00 bits per heavy atom. The summed E-state index contributed by atoms with van der Waals surface area (Å²) < 4.78 is 0. The quantitative estimate of drug-likeness (QED) is 0.820. The second kappa shape index (κ2) is 6.55. The van der Waals surface area contributed by atoms with Crippen molar-refractivity contribution in [3.05, 3.63) is 0 Å². The van der Waals surface area contributed by atoms with Crippen LogP contribution in [0.5, 0.6) is 0 Å². The first-order valence-electron chi connectivity index (χ1n) is 8.47. The van der Waals surface area contributed by atoms with Crippen LogP contribution in [0, 0.1) is 11.8 Å². The van der Waals surface area contributed by atoms with Crippen molar-refractivity contribution in [2.45, 2.75) is 63.5 Å². The highest BCUT2D eigenvalue weighted by Gasteiger charge is 2.37. The summed E-state index contributed by atoms with van der Waals surface area (Å²) >= 11 is 0. The van der Waals surface area contributed by atoms with Crippen molar-refractivity contribution >= 4 is 0 Å². The first-order valence-corrected chi connectivity index (χ1v) is 8.47. The summed E-state index contributed by atoms with van der Waals surface area (Å²) in [4.78, 5) is 2.72. The Morgan fingerprint density at radius 2 is 1.89 bits per heavy atom. The molecule has 2 saturated heterocycles. The smallest absolute Gasteiger partial charge is 0.0583 e. The van der Waals surface area contributed by atoms with Gasteiger partial charge in [0.05, 0.1) is 6.10 Å². The molecular formula is C16H30N2O. The van der Waals surface area contributed by atoms with E-state index in [1.165, 1.54) is 71.1 Å². The lowest BCUT2D eigenvalue weighted by Gasteiger charge is -2.39. The van der Waals surface area contributed by atoms with Crippen LogP contribution >= 0.6 is 0 Å². The summed E-state index contributed by atoms with van der Waals surface area (Å²) in [6.07, 6.45) is 10.2. The molecule has 3 aliphatic rings. The number of nitrogens with zero attached hydrogens (tertiary/aromatic N) is 1. The summed E-state index contributed by atoms with van der Waals surface area (Å²) in [6.45, 7) is 4.95. The maximum Gasteiger partial charge on any atom is 0.0583 e. The second-order valence-electron chi connectivity index (χ2n) is 6.93. The standard InChI is InChI=1S/C16H30N2O/c19-16-8-2-1-6-14(16)15-7-4-10-18(15)12-13-5-3-9-17-11-13/h13-17,19H,1-12H2. The number of piperidine rings is 1. The van der Waals surface area contributed by atoms with Crippen LogP contribution < -0.4 is 5.32 Å². The van der Waals surface area contributed by atoms with Gasteiger partial charge in [-0.3, -0.25) is 4.90 Å². The molecule has 2 N–H and O–H groups in total. The van der Waals surface area contributed by atoms with Gasteiger partial charge < -0.3 is 10.4 Å². The third-order valence-electron chi connectivity index (χ3n) is 5.58. The predicted molar refractivity (Wildman–Crippen MR) is 78.2 cm³/mol. The summed E-state index contributed by atoms with van der Waals surface area (Å²) in [7, 11) is 0. The molecular weight excluding hydrogens is 236 g/mol. The van der Waals surface area contributed by atoms with Gasteiger partial charge in [-0.05, 0) is 64.1 Å². The maximum atomic E-state index is 10.3. The van der Waals surface area contributed by atoms with Crippen LogP contribution in [0.25, 0.3) is 0 Å². The van der Waals surface area contributed by atoms with Crippen LogP contribution in [-0.2, 0) is 0 Å². The molecule has 0 radical (unpaired) electrons. The Kier molecular flexibility index (Phi) is 4.78. The molecule has 3 heteroatoms. The van der Waals surface area contributed by atoms with Gasteiger partial charge in [0.1, 0.15) is 0 Å². The van der Waals surface area contributed by atoms with Crippen molar-refractivity contribution in [2.75, 3.05) is 26.2 Å². The van der Waals surface area contributed by atoms with E-state index in [0.717, 1.165) is 12.3 Å². The van der Waals surface area contributed by atoms with E-state index in [1.54, 1.807) is 0 Å².